The van der Waals surface area contributed by atoms with E-state index in [-0.39, 0.29) is 6.61 Å². The molecule has 0 aromatic heterocycles. The van der Waals surface area contributed by atoms with Gasteiger partial charge >= 0.3 is 6.09 Å². The van der Waals surface area contributed by atoms with Crippen molar-refractivity contribution in [3.8, 4) is 0 Å². The predicted molar refractivity (Wildman–Crippen MR) is 72.8 cm³/mol. The zero-order valence-corrected chi connectivity index (χ0v) is 13.4. The van der Waals surface area contributed by atoms with Crippen molar-refractivity contribution in [1.82, 2.24) is 4.90 Å². The van der Waals surface area contributed by atoms with Crippen molar-refractivity contribution >= 4 is 16.2 Å². The summed E-state index contributed by atoms with van der Waals surface area (Å²) >= 11 is 0. The monoisotopic (exact) mass is 309 g/mol. The number of aliphatic hydroxyl groups is 1. The molecule has 8 heteroatoms. The normalized spacial score (nSPS) is 27.7. The van der Waals surface area contributed by atoms with Crippen LogP contribution in [0.3, 0.4) is 0 Å². The summed E-state index contributed by atoms with van der Waals surface area (Å²) in [4.78, 5) is 13.4. The number of hydrogen-bond donors (Lipinski definition) is 1. The highest BCUT2D eigenvalue weighted by molar-refractivity contribution is 7.85. The summed E-state index contributed by atoms with van der Waals surface area (Å²) in [6.45, 7) is 6.77. The summed E-state index contributed by atoms with van der Waals surface area (Å²) in [6.07, 6.45) is 0.677. The van der Waals surface area contributed by atoms with Gasteiger partial charge in [-0.1, -0.05) is 0 Å². The van der Waals surface area contributed by atoms with E-state index in [2.05, 4.69) is 0 Å². The molecule has 0 saturated carbocycles. The van der Waals surface area contributed by atoms with Crippen LogP contribution in [-0.4, -0.2) is 61.2 Å². The molecule has 1 heterocycles. The minimum atomic E-state index is -3.64. The molecule has 1 aliphatic rings. The van der Waals surface area contributed by atoms with Crippen molar-refractivity contribution in [2.45, 2.75) is 51.4 Å². The second kappa shape index (κ2) is 5.50. The number of nitrogens with zero attached hydrogens (tertiary/aromatic N) is 1. The zero-order valence-electron chi connectivity index (χ0n) is 12.5. The predicted octanol–water partition coefficient (Wildman–Crippen LogP) is 0.723. The Balaban J connectivity index is 2.82. The lowest BCUT2D eigenvalue weighted by molar-refractivity contribution is -0.0179. The molecule has 118 valence electrons. The topological polar surface area (TPSA) is 93.1 Å². The summed E-state index contributed by atoms with van der Waals surface area (Å²) in [6, 6.07) is -0.757. The molecule has 1 saturated heterocycles. The van der Waals surface area contributed by atoms with Crippen molar-refractivity contribution in [2.75, 3.05) is 19.4 Å². The Morgan fingerprint density at radius 3 is 2.45 bits per heavy atom. The van der Waals surface area contributed by atoms with Crippen molar-refractivity contribution in [3.05, 3.63) is 0 Å². The second-order valence-corrected chi connectivity index (χ2v) is 7.93. The van der Waals surface area contributed by atoms with Crippen LogP contribution in [0, 0.1) is 0 Å². The van der Waals surface area contributed by atoms with Crippen molar-refractivity contribution in [2.24, 2.45) is 0 Å². The molecule has 0 bridgehead atoms. The number of amides is 1. The molecule has 0 spiro atoms. The Bertz CT molecular complexity index is 465. The van der Waals surface area contributed by atoms with Gasteiger partial charge in [-0.15, -0.1) is 0 Å². The van der Waals surface area contributed by atoms with Crippen LogP contribution in [0.25, 0.3) is 0 Å². The summed E-state index contributed by atoms with van der Waals surface area (Å²) in [7, 11) is -3.64. The van der Waals surface area contributed by atoms with Gasteiger partial charge in [-0.25, -0.2) is 4.79 Å². The maximum absolute atomic E-state index is 12.1. The van der Waals surface area contributed by atoms with Crippen molar-refractivity contribution in [1.29, 1.82) is 0 Å². The molecule has 0 aromatic rings. The third-order valence-electron chi connectivity index (χ3n) is 3.02. The van der Waals surface area contributed by atoms with Crippen molar-refractivity contribution in [3.63, 3.8) is 0 Å². The van der Waals surface area contributed by atoms with E-state index in [0.29, 0.717) is 13.0 Å². The summed E-state index contributed by atoms with van der Waals surface area (Å²) in [5.41, 5.74) is -1.87. The number of ether oxygens (including phenoxy) is 1. The average molecular weight is 309 g/mol. The van der Waals surface area contributed by atoms with E-state index in [1.165, 1.54) is 4.90 Å². The molecule has 1 fully saturated rings. The lowest BCUT2D eigenvalue weighted by Gasteiger charge is -2.32. The Morgan fingerprint density at radius 1 is 1.45 bits per heavy atom. The highest BCUT2D eigenvalue weighted by Gasteiger charge is 2.46. The quantitative estimate of drug-likeness (QED) is 0.772. The Labute approximate surface area is 120 Å². The highest BCUT2D eigenvalue weighted by Crippen LogP contribution is 2.30. The summed E-state index contributed by atoms with van der Waals surface area (Å²) in [5, 5.41) is 10.2. The number of likely N-dealkylation sites (tertiary alicyclic amines) is 1. The molecular formula is C12H23NO6S. The van der Waals surface area contributed by atoms with Gasteiger partial charge in [-0.05, 0) is 34.1 Å². The summed E-state index contributed by atoms with van der Waals surface area (Å²) < 4.78 is 32.1. The molecule has 20 heavy (non-hydrogen) atoms. The van der Waals surface area contributed by atoms with Gasteiger partial charge in [0.2, 0.25) is 0 Å². The van der Waals surface area contributed by atoms with Crippen LogP contribution >= 0.6 is 0 Å². The lowest BCUT2D eigenvalue weighted by atomic mass is 9.98. The molecule has 0 unspecified atom stereocenters. The number of carbonyl (C=O) groups is 1. The fraction of sp³-hybridized carbons (Fsp3) is 0.917. The first-order valence-electron chi connectivity index (χ1n) is 6.38. The van der Waals surface area contributed by atoms with Crippen LogP contribution < -0.4 is 0 Å². The second-order valence-electron chi connectivity index (χ2n) is 6.29. The first-order chi connectivity index (χ1) is 8.82. The maximum Gasteiger partial charge on any atom is 0.410 e. The van der Waals surface area contributed by atoms with Gasteiger partial charge < -0.3 is 9.84 Å². The number of carbonyl (C=O) groups excluding carboxylic acids is 1. The Hall–Kier alpha value is -0.860. The molecule has 1 amide bonds. The van der Waals surface area contributed by atoms with Gasteiger partial charge in [0.05, 0.1) is 24.5 Å². The van der Waals surface area contributed by atoms with E-state index < -0.39 is 33.5 Å². The van der Waals surface area contributed by atoms with E-state index in [1.54, 1.807) is 27.7 Å². The first kappa shape index (κ1) is 17.2. The molecule has 0 radical (unpaired) electrons. The fourth-order valence-corrected chi connectivity index (χ4v) is 2.38. The minimum absolute atomic E-state index is 0.287. The SMILES string of the molecule is CC(C)(C)OC(=O)N1CC[C@@](C)(O)[C@H]1COS(C)(=O)=O. The van der Waals surface area contributed by atoms with Gasteiger partial charge in [-0.3, -0.25) is 9.08 Å². The van der Waals surface area contributed by atoms with E-state index in [9.17, 15) is 18.3 Å². The van der Waals surface area contributed by atoms with E-state index in [4.69, 9.17) is 8.92 Å². The lowest BCUT2D eigenvalue weighted by Crippen LogP contribution is -2.49. The van der Waals surface area contributed by atoms with Gasteiger partial charge in [-0.2, -0.15) is 8.42 Å². The van der Waals surface area contributed by atoms with Crippen molar-refractivity contribution < 1.29 is 27.2 Å². The molecule has 7 nitrogen and oxygen atoms in total. The first-order valence-corrected chi connectivity index (χ1v) is 8.20. The fourth-order valence-electron chi connectivity index (χ4n) is 2.00. The zero-order chi connectivity index (χ0) is 15.8. The van der Waals surface area contributed by atoms with E-state index >= 15 is 0 Å². The third-order valence-corrected chi connectivity index (χ3v) is 3.59. The van der Waals surface area contributed by atoms with Crippen LogP contribution in [0.5, 0.6) is 0 Å². The third kappa shape index (κ3) is 4.92. The Morgan fingerprint density at radius 2 is 2.00 bits per heavy atom. The molecule has 0 aliphatic carbocycles. The van der Waals surface area contributed by atoms with Crippen LogP contribution in [0.4, 0.5) is 4.79 Å². The number of rotatable bonds is 3. The molecule has 1 aliphatic heterocycles. The van der Waals surface area contributed by atoms with Gasteiger partial charge in [0.25, 0.3) is 10.1 Å². The molecule has 1 N–H and O–H groups in total. The maximum atomic E-state index is 12.1. The average Bonchev–Trinajstić information content (AvgIpc) is 2.47. The van der Waals surface area contributed by atoms with Crippen LogP contribution in [0.2, 0.25) is 0 Å². The highest BCUT2D eigenvalue weighted by atomic mass is 32.2. The summed E-state index contributed by atoms with van der Waals surface area (Å²) in [5.74, 6) is 0. The molecular weight excluding hydrogens is 286 g/mol. The standard InChI is InChI=1S/C12H23NO6S/c1-11(2,3)19-10(14)13-7-6-12(4,15)9(13)8-18-20(5,16)17/h9,15H,6-8H2,1-5H3/t9-,12-/m1/s1. The largest absolute Gasteiger partial charge is 0.444 e. The molecule has 2 atom stereocenters. The molecule has 0 aromatic carbocycles. The molecule has 1 rings (SSSR count). The van der Waals surface area contributed by atoms with E-state index in [1.807, 2.05) is 0 Å². The van der Waals surface area contributed by atoms with Crippen LogP contribution in [0.1, 0.15) is 34.1 Å². The van der Waals surface area contributed by atoms with E-state index in [0.717, 1.165) is 6.26 Å². The minimum Gasteiger partial charge on any atom is -0.444 e. The van der Waals surface area contributed by atoms with Crippen LogP contribution in [0.15, 0.2) is 0 Å². The van der Waals surface area contributed by atoms with Gasteiger partial charge in [0.15, 0.2) is 0 Å². The Kier molecular flexibility index (Phi) is 4.72. The smallest absolute Gasteiger partial charge is 0.410 e. The van der Waals surface area contributed by atoms with Crippen LogP contribution in [-0.2, 0) is 19.0 Å². The number of hydrogen-bond acceptors (Lipinski definition) is 6. The van der Waals surface area contributed by atoms with Gasteiger partial charge in [0.1, 0.15) is 5.60 Å². The van der Waals surface area contributed by atoms with Gasteiger partial charge in [0, 0.05) is 6.54 Å².